The van der Waals surface area contributed by atoms with Gasteiger partial charge in [0.1, 0.15) is 0 Å². The molecule has 3 aromatic heterocycles. The number of nitrogens with zero attached hydrogens (tertiary/aromatic N) is 7. The second-order valence-electron chi connectivity index (χ2n) is 7.38. The van der Waals surface area contributed by atoms with E-state index in [1.807, 2.05) is 38.1 Å². The van der Waals surface area contributed by atoms with Crippen molar-refractivity contribution in [3.05, 3.63) is 67.3 Å². The average molecular weight is 443 g/mol. The van der Waals surface area contributed by atoms with Crippen molar-refractivity contribution in [3.8, 4) is 0 Å². The molecule has 0 unspecified atom stereocenters. The molecule has 0 atom stereocenters. The van der Waals surface area contributed by atoms with Gasteiger partial charge >= 0.3 is 5.69 Å². The lowest BCUT2D eigenvalue weighted by Crippen LogP contribution is -2.40. The predicted octanol–water partition coefficient (Wildman–Crippen LogP) is 1.93. The molecular formula is C20H23ClN8O2. The number of tetrazole rings is 1. The van der Waals surface area contributed by atoms with E-state index in [-0.39, 0.29) is 23.0 Å². The Morgan fingerprint density at radius 1 is 1.10 bits per heavy atom. The number of nitrogens with one attached hydrogen (secondary N) is 1. The van der Waals surface area contributed by atoms with E-state index >= 15 is 0 Å². The van der Waals surface area contributed by atoms with Gasteiger partial charge in [0.25, 0.3) is 5.56 Å². The minimum absolute atomic E-state index is 0.0853. The van der Waals surface area contributed by atoms with Gasteiger partial charge in [-0.3, -0.25) is 13.9 Å². The van der Waals surface area contributed by atoms with Gasteiger partial charge in [0.2, 0.25) is 5.28 Å². The van der Waals surface area contributed by atoms with Crippen LogP contribution in [0.4, 0.5) is 0 Å². The van der Waals surface area contributed by atoms with Crippen LogP contribution in [0.1, 0.15) is 36.7 Å². The highest BCUT2D eigenvalue weighted by Crippen LogP contribution is 2.11. The third kappa shape index (κ3) is 4.29. The molecule has 0 aliphatic rings. The van der Waals surface area contributed by atoms with Gasteiger partial charge in [0.05, 0.1) is 6.54 Å². The molecule has 162 valence electrons. The molecule has 0 radical (unpaired) electrons. The molecule has 0 aliphatic carbocycles. The van der Waals surface area contributed by atoms with Crippen LogP contribution in [0.25, 0.3) is 11.2 Å². The topological polar surface area (TPSA) is 116 Å². The molecule has 10 nitrogen and oxygen atoms in total. The fraction of sp³-hybridized carbons (Fsp3) is 0.400. The number of aromatic nitrogens is 8. The van der Waals surface area contributed by atoms with Gasteiger partial charge in [-0.05, 0) is 47.7 Å². The summed E-state index contributed by atoms with van der Waals surface area (Å²) in [5.41, 5.74) is 2.02. The van der Waals surface area contributed by atoms with E-state index in [0.717, 1.165) is 12.0 Å². The maximum atomic E-state index is 12.9. The molecule has 3 heterocycles. The summed E-state index contributed by atoms with van der Waals surface area (Å²) in [6.07, 6.45) is 1.82. The first kappa shape index (κ1) is 21.0. The molecule has 0 amide bonds. The Bertz CT molecular complexity index is 1330. The Balaban J connectivity index is 1.49. The summed E-state index contributed by atoms with van der Waals surface area (Å²) in [5.74, 6) is 0.630. The maximum absolute atomic E-state index is 12.9. The second-order valence-corrected chi connectivity index (χ2v) is 7.73. The Kier molecular flexibility index (Phi) is 5.99. The van der Waals surface area contributed by atoms with Crippen LogP contribution < -0.4 is 11.2 Å². The van der Waals surface area contributed by atoms with Crippen LogP contribution in [0.3, 0.4) is 0 Å². The van der Waals surface area contributed by atoms with Crippen molar-refractivity contribution < 1.29 is 0 Å². The van der Waals surface area contributed by atoms with Crippen molar-refractivity contribution in [1.82, 2.24) is 39.3 Å². The zero-order chi connectivity index (χ0) is 22.0. The van der Waals surface area contributed by atoms with Crippen molar-refractivity contribution in [2.75, 3.05) is 0 Å². The molecule has 0 saturated heterocycles. The van der Waals surface area contributed by atoms with Crippen LogP contribution in [0.15, 0.2) is 33.9 Å². The van der Waals surface area contributed by atoms with E-state index in [0.29, 0.717) is 31.8 Å². The molecule has 31 heavy (non-hydrogen) atoms. The third-order valence-electron chi connectivity index (χ3n) is 5.12. The van der Waals surface area contributed by atoms with Gasteiger partial charge in [0.15, 0.2) is 17.0 Å². The number of aryl methyl sites for hydroxylation is 3. The number of aromatic amines is 1. The molecule has 0 bridgehead atoms. The summed E-state index contributed by atoms with van der Waals surface area (Å²) in [5, 5.41) is 12.7. The summed E-state index contributed by atoms with van der Waals surface area (Å²) in [6.45, 7) is 5.11. The molecule has 4 aromatic rings. The summed E-state index contributed by atoms with van der Waals surface area (Å²) in [4.78, 5) is 34.0. The number of hydrogen-bond acceptors (Lipinski definition) is 6. The fourth-order valence-corrected chi connectivity index (χ4v) is 3.73. The molecule has 1 N–H and O–H groups in total. The SMILES string of the molecule is CCCn1c(=O)n(CCCn2nnc(Cc3ccccc3C)n2)c(=O)c2[nH]c(Cl)nc21. The molecule has 4 rings (SSSR count). The highest BCUT2D eigenvalue weighted by atomic mass is 35.5. The molecule has 0 saturated carbocycles. The minimum atomic E-state index is -0.432. The number of imidazole rings is 1. The third-order valence-corrected chi connectivity index (χ3v) is 5.30. The molecule has 0 spiro atoms. The minimum Gasteiger partial charge on any atom is -0.323 e. The quantitative estimate of drug-likeness (QED) is 0.417. The van der Waals surface area contributed by atoms with E-state index < -0.39 is 11.2 Å². The van der Waals surface area contributed by atoms with Crippen LogP contribution in [-0.4, -0.2) is 39.3 Å². The van der Waals surface area contributed by atoms with Crippen LogP contribution in [-0.2, 0) is 26.1 Å². The lowest BCUT2D eigenvalue weighted by Gasteiger charge is -2.10. The first-order chi connectivity index (χ1) is 15.0. The molecular weight excluding hydrogens is 420 g/mol. The Morgan fingerprint density at radius 3 is 2.68 bits per heavy atom. The van der Waals surface area contributed by atoms with Gasteiger partial charge in [-0.25, -0.2) is 4.79 Å². The van der Waals surface area contributed by atoms with Gasteiger partial charge in [-0.2, -0.15) is 9.78 Å². The van der Waals surface area contributed by atoms with Crippen molar-refractivity contribution >= 4 is 22.8 Å². The normalized spacial score (nSPS) is 11.5. The number of halogens is 1. The molecule has 0 aliphatic heterocycles. The predicted molar refractivity (Wildman–Crippen MR) is 116 cm³/mol. The Hall–Kier alpha value is -3.27. The van der Waals surface area contributed by atoms with E-state index in [9.17, 15) is 9.59 Å². The number of H-pyrrole nitrogens is 1. The Labute approximate surface area is 182 Å². The second kappa shape index (κ2) is 8.84. The van der Waals surface area contributed by atoms with Gasteiger partial charge in [-0.15, -0.1) is 10.2 Å². The van der Waals surface area contributed by atoms with E-state index in [4.69, 9.17) is 11.6 Å². The van der Waals surface area contributed by atoms with Crippen LogP contribution in [0.5, 0.6) is 0 Å². The lowest BCUT2D eigenvalue weighted by molar-refractivity contribution is 0.452. The van der Waals surface area contributed by atoms with Crippen molar-refractivity contribution in [2.24, 2.45) is 0 Å². The smallest absolute Gasteiger partial charge is 0.323 e. The lowest BCUT2D eigenvalue weighted by atomic mass is 10.1. The standard InChI is InChI=1S/C20H23ClN8O2/c1-3-9-27-17-16(22-19(21)23-17)18(30)28(20(27)31)10-6-11-29-25-15(24-26-29)12-14-8-5-4-7-13(14)2/h4-5,7-8H,3,6,9-12H2,1-2H3,(H,22,23). The summed E-state index contributed by atoms with van der Waals surface area (Å²) in [6, 6.07) is 8.07. The van der Waals surface area contributed by atoms with Crippen LogP contribution in [0.2, 0.25) is 5.28 Å². The van der Waals surface area contributed by atoms with Crippen molar-refractivity contribution in [3.63, 3.8) is 0 Å². The monoisotopic (exact) mass is 442 g/mol. The number of hydrogen-bond donors (Lipinski definition) is 1. The van der Waals surface area contributed by atoms with Gasteiger partial charge in [-0.1, -0.05) is 31.2 Å². The molecule has 0 fully saturated rings. The van der Waals surface area contributed by atoms with E-state index in [1.165, 1.54) is 19.5 Å². The van der Waals surface area contributed by atoms with E-state index in [1.54, 1.807) is 0 Å². The van der Waals surface area contributed by atoms with Crippen molar-refractivity contribution in [1.29, 1.82) is 0 Å². The molecule has 1 aromatic carbocycles. The number of benzene rings is 1. The zero-order valence-corrected chi connectivity index (χ0v) is 18.1. The first-order valence-electron chi connectivity index (χ1n) is 10.2. The first-order valence-corrected chi connectivity index (χ1v) is 10.6. The summed E-state index contributed by atoms with van der Waals surface area (Å²) in [7, 11) is 0. The summed E-state index contributed by atoms with van der Waals surface area (Å²) < 4.78 is 2.69. The molecule has 11 heteroatoms. The number of rotatable bonds is 8. The van der Waals surface area contributed by atoms with E-state index in [2.05, 4.69) is 25.4 Å². The van der Waals surface area contributed by atoms with Crippen molar-refractivity contribution in [2.45, 2.75) is 52.7 Å². The van der Waals surface area contributed by atoms with Gasteiger partial charge in [0, 0.05) is 19.5 Å². The largest absolute Gasteiger partial charge is 0.332 e. The summed E-state index contributed by atoms with van der Waals surface area (Å²) >= 11 is 5.93. The van der Waals surface area contributed by atoms with Gasteiger partial charge < -0.3 is 4.98 Å². The highest BCUT2D eigenvalue weighted by Gasteiger charge is 2.16. The highest BCUT2D eigenvalue weighted by molar-refractivity contribution is 6.28. The zero-order valence-electron chi connectivity index (χ0n) is 17.4. The van der Waals surface area contributed by atoms with Crippen LogP contribution >= 0.6 is 11.6 Å². The Morgan fingerprint density at radius 2 is 1.90 bits per heavy atom. The maximum Gasteiger partial charge on any atom is 0.332 e. The van der Waals surface area contributed by atoms with Crippen LogP contribution in [0, 0.1) is 6.92 Å². The average Bonchev–Trinajstić information content (AvgIpc) is 3.36. The number of fused-ring (bicyclic) bond motifs is 1. The fourth-order valence-electron chi connectivity index (χ4n) is 3.55.